The van der Waals surface area contributed by atoms with Crippen LogP contribution >= 0.6 is 11.3 Å². The number of methoxy groups -OCH3 is 1. The number of thiazole rings is 1. The Morgan fingerprint density at radius 1 is 1.11 bits per heavy atom. The quantitative estimate of drug-likeness (QED) is 0.391. The van der Waals surface area contributed by atoms with Crippen molar-refractivity contribution in [3.63, 3.8) is 0 Å². The summed E-state index contributed by atoms with van der Waals surface area (Å²) < 4.78 is 12.3. The zero-order chi connectivity index (χ0) is 19.7. The van der Waals surface area contributed by atoms with Gasteiger partial charge in [0.15, 0.2) is 5.82 Å². The van der Waals surface area contributed by atoms with Crippen LogP contribution < -0.4 is 19.6 Å². The van der Waals surface area contributed by atoms with E-state index in [2.05, 4.69) is 10.1 Å². The van der Waals surface area contributed by atoms with Crippen LogP contribution in [0, 0.1) is 0 Å². The molecule has 7 nitrogen and oxygen atoms in total. The topological polar surface area (TPSA) is 82.8 Å². The van der Waals surface area contributed by atoms with E-state index in [1.54, 1.807) is 37.5 Å². The fourth-order valence-corrected chi connectivity index (χ4v) is 3.67. The minimum atomic E-state index is -0.438. The van der Waals surface area contributed by atoms with Gasteiger partial charge in [0.2, 0.25) is 4.96 Å². The van der Waals surface area contributed by atoms with Gasteiger partial charge in [0, 0.05) is 12.5 Å². The molecule has 2 aromatic heterocycles. The average molecular weight is 393 g/mol. The normalized spacial score (nSPS) is 11.7. The molecular formula is C20H15N3O4S. The Bertz CT molecular complexity index is 1290. The Labute approximate surface area is 163 Å². The van der Waals surface area contributed by atoms with Gasteiger partial charge in [-0.05, 0) is 24.3 Å². The molecule has 4 aromatic rings. The SMILES string of the molecule is COc1ccccc1C=c1sc2nc(-c3ccccc3OC(C)=O)nn2c1=O. The van der Waals surface area contributed by atoms with Gasteiger partial charge in [-0.25, -0.2) is 0 Å². The van der Waals surface area contributed by atoms with Crippen molar-refractivity contribution in [1.82, 2.24) is 14.6 Å². The lowest BCUT2D eigenvalue weighted by Crippen LogP contribution is -2.23. The highest BCUT2D eigenvalue weighted by molar-refractivity contribution is 7.15. The van der Waals surface area contributed by atoms with Gasteiger partial charge in [0.25, 0.3) is 5.56 Å². The zero-order valence-corrected chi connectivity index (χ0v) is 15.9. The van der Waals surface area contributed by atoms with Crippen LogP contribution in [0.25, 0.3) is 22.4 Å². The second-order valence-corrected chi connectivity index (χ2v) is 6.89. The zero-order valence-electron chi connectivity index (χ0n) is 15.1. The van der Waals surface area contributed by atoms with Gasteiger partial charge >= 0.3 is 5.97 Å². The Morgan fingerprint density at radius 3 is 2.54 bits per heavy atom. The fourth-order valence-electron chi connectivity index (χ4n) is 2.77. The van der Waals surface area contributed by atoms with Crippen LogP contribution in [0.5, 0.6) is 11.5 Å². The Morgan fingerprint density at radius 2 is 1.82 bits per heavy atom. The Balaban J connectivity index is 1.81. The maximum atomic E-state index is 12.8. The molecule has 0 unspecified atom stereocenters. The summed E-state index contributed by atoms with van der Waals surface area (Å²) in [6.07, 6.45) is 1.76. The highest BCUT2D eigenvalue weighted by Crippen LogP contribution is 2.28. The number of esters is 1. The third-order valence-corrected chi connectivity index (χ3v) is 4.95. The second kappa shape index (κ2) is 7.24. The first-order chi connectivity index (χ1) is 13.6. The fraction of sp³-hybridized carbons (Fsp3) is 0.100. The molecule has 140 valence electrons. The number of rotatable bonds is 4. The maximum Gasteiger partial charge on any atom is 0.308 e. The first kappa shape index (κ1) is 17.9. The lowest BCUT2D eigenvalue weighted by atomic mass is 10.2. The molecule has 0 spiro atoms. The van der Waals surface area contributed by atoms with E-state index in [1.165, 1.54) is 22.8 Å². The lowest BCUT2D eigenvalue weighted by molar-refractivity contribution is -0.131. The summed E-state index contributed by atoms with van der Waals surface area (Å²) in [4.78, 5) is 29.0. The first-order valence-electron chi connectivity index (χ1n) is 8.39. The van der Waals surface area contributed by atoms with Crippen LogP contribution in [-0.2, 0) is 4.79 Å². The van der Waals surface area contributed by atoms with Gasteiger partial charge in [-0.15, -0.1) is 5.10 Å². The molecule has 0 saturated carbocycles. The van der Waals surface area contributed by atoms with Crippen molar-refractivity contribution in [2.75, 3.05) is 7.11 Å². The number of ether oxygens (including phenoxy) is 2. The molecule has 28 heavy (non-hydrogen) atoms. The molecule has 0 N–H and O–H groups in total. The standard InChI is InChI=1S/C20H15N3O4S/c1-12(24)27-16-10-6-4-8-14(16)18-21-20-23(22-18)19(25)17(28-20)11-13-7-3-5-9-15(13)26-2/h3-11H,1-2H3. The third-order valence-electron chi connectivity index (χ3n) is 3.99. The van der Waals surface area contributed by atoms with Gasteiger partial charge < -0.3 is 9.47 Å². The van der Waals surface area contributed by atoms with Crippen molar-refractivity contribution in [3.8, 4) is 22.9 Å². The van der Waals surface area contributed by atoms with Gasteiger partial charge in [-0.3, -0.25) is 9.59 Å². The molecule has 0 amide bonds. The molecule has 2 aromatic carbocycles. The molecule has 8 heteroatoms. The number of aromatic nitrogens is 3. The molecule has 0 radical (unpaired) electrons. The number of hydrogen-bond donors (Lipinski definition) is 0. The molecule has 0 aliphatic rings. The monoisotopic (exact) mass is 393 g/mol. The van der Waals surface area contributed by atoms with Crippen LogP contribution in [0.3, 0.4) is 0 Å². The largest absolute Gasteiger partial charge is 0.496 e. The van der Waals surface area contributed by atoms with E-state index in [-0.39, 0.29) is 5.56 Å². The van der Waals surface area contributed by atoms with Crippen molar-refractivity contribution < 1.29 is 14.3 Å². The van der Waals surface area contributed by atoms with Gasteiger partial charge in [0.1, 0.15) is 11.5 Å². The van der Waals surface area contributed by atoms with Gasteiger partial charge in [0.05, 0.1) is 17.2 Å². The van der Waals surface area contributed by atoms with E-state index in [0.29, 0.717) is 32.4 Å². The molecule has 0 fully saturated rings. The summed E-state index contributed by atoms with van der Waals surface area (Å²) in [5.41, 5.74) is 1.07. The number of benzene rings is 2. The van der Waals surface area contributed by atoms with Crippen molar-refractivity contribution in [2.24, 2.45) is 0 Å². The van der Waals surface area contributed by atoms with E-state index in [9.17, 15) is 9.59 Å². The molecular weight excluding hydrogens is 378 g/mol. The minimum absolute atomic E-state index is 0.269. The van der Waals surface area contributed by atoms with Crippen molar-refractivity contribution in [2.45, 2.75) is 6.92 Å². The van der Waals surface area contributed by atoms with E-state index < -0.39 is 5.97 Å². The second-order valence-electron chi connectivity index (χ2n) is 5.88. The van der Waals surface area contributed by atoms with Gasteiger partial charge in [-0.1, -0.05) is 41.7 Å². The summed E-state index contributed by atoms with van der Waals surface area (Å²) in [6.45, 7) is 1.33. The number of fused-ring (bicyclic) bond motifs is 1. The predicted molar refractivity (Wildman–Crippen MR) is 106 cm³/mol. The van der Waals surface area contributed by atoms with Crippen molar-refractivity contribution in [1.29, 1.82) is 0 Å². The van der Waals surface area contributed by atoms with E-state index in [4.69, 9.17) is 9.47 Å². The average Bonchev–Trinajstić information content (AvgIpc) is 3.22. The number of carbonyl (C=O) groups excluding carboxylic acids is 1. The lowest BCUT2D eigenvalue weighted by Gasteiger charge is -2.04. The molecule has 0 atom stereocenters. The van der Waals surface area contributed by atoms with Crippen molar-refractivity contribution in [3.05, 3.63) is 69.0 Å². The summed E-state index contributed by atoms with van der Waals surface area (Å²) >= 11 is 1.23. The van der Waals surface area contributed by atoms with Gasteiger partial charge in [-0.2, -0.15) is 9.50 Å². The van der Waals surface area contributed by atoms with Crippen LogP contribution in [-0.4, -0.2) is 27.7 Å². The number of para-hydroxylation sites is 2. The molecule has 4 rings (SSSR count). The number of nitrogens with zero attached hydrogens (tertiary/aromatic N) is 3. The number of hydrogen-bond acceptors (Lipinski definition) is 7. The molecule has 0 aliphatic heterocycles. The first-order valence-corrected chi connectivity index (χ1v) is 9.20. The minimum Gasteiger partial charge on any atom is -0.496 e. The maximum absolute atomic E-state index is 12.8. The highest BCUT2D eigenvalue weighted by Gasteiger charge is 2.16. The van der Waals surface area contributed by atoms with Crippen molar-refractivity contribution >= 4 is 28.3 Å². The summed E-state index contributed by atoms with van der Waals surface area (Å²) in [7, 11) is 1.58. The molecule has 2 heterocycles. The predicted octanol–water partition coefficient (Wildman–Crippen LogP) is 2.30. The van der Waals surface area contributed by atoms with Crippen LogP contribution in [0.1, 0.15) is 12.5 Å². The summed E-state index contributed by atoms with van der Waals surface area (Å²) in [5, 5.41) is 4.32. The third kappa shape index (κ3) is 3.25. The van der Waals surface area contributed by atoms with Crippen LogP contribution in [0.15, 0.2) is 53.3 Å². The summed E-state index contributed by atoms with van der Waals surface area (Å²) in [5.74, 6) is 0.911. The molecule has 0 aliphatic carbocycles. The number of carbonyl (C=O) groups is 1. The Hall–Kier alpha value is -3.52. The molecule has 0 saturated heterocycles. The van der Waals surface area contributed by atoms with E-state index in [1.807, 2.05) is 24.3 Å². The Kier molecular flexibility index (Phi) is 4.62. The molecule has 0 bridgehead atoms. The van der Waals surface area contributed by atoms with E-state index in [0.717, 1.165) is 5.56 Å². The van der Waals surface area contributed by atoms with Crippen LogP contribution in [0.2, 0.25) is 0 Å². The van der Waals surface area contributed by atoms with E-state index >= 15 is 0 Å². The van der Waals surface area contributed by atoms with Crippen LogP contribution in [0.4, 0.5) is 0 Å². The summed E-state index contributed by atoms with van der Waals surface area (Å²) in [6, 6.07) is 14.4. The smallest absolute Gasteiger partial charge is 0.308 e. The highest BCUT2D eigenvalue weighted by atomic mass is 32.1.